The molecule has 0 unspecified atom stereocenters. The number of hydrogen-bond acceptors (Lipinski definition) is 0. The van der Waals surface area contributed by atoms with Gasteiger partial charge in [0.05, 0.1) is 0 Å². The van der Waals surface area contributed by atoms with Crippen LogP contribution in [0.5, 0.6) is 0 Å². The van der Waals surface area contributed by atoms with Crippen LogP contribution < -0.4 is 0 Å². The third-order valence-corrected chi connectivity index (χ3v) is 0. The summed E-state index contributed by atoms with van der Waals surface area (Å²) in [6.07, 6.45) is 0. The Morgan fingerprint density at radius 2 is 1.08 bits per heavy atom. The molecule has 0 aliphatic heterocycles. The first-order chi connectivity index (χ1) is 0. The normalized spacial score (nSPS) is 0. The molecule has 0 heterocycles. The molecule has 0 N–H and O–H groups in total. The zero-order chi connectivity index (χ0) is 0. The molecule has 0 spiro atoms. The molecule has 0 saturated heterocycles. The van der Waals surface area contributed by atoms with Crippen LogP contribution in [0, 0.1) is 31.1 Å². The predicted octanol–water partition coefficient (Wildman–Crippen LogP) is -4.06. The summed E-state index contributed by atoms with van der Waals surface area (Å²) >= 11 is 0. The van der Waals surface area contributed by atoms with Gasteiger partial charge in [-0.25, -0.2) is 0 Å². The molecule has 13 heteroatoms. The van der Waals surface area contributed by atoms with Gasteiger partial charge in [0.25, 0.3) is 0 Å². The molecule has 0 aromatic carbocycles. The van der Waals surface area contributed by atoms with E-state index in [0.29, 0.717) is 0 Å². The third-order valence-electron chi connectivity index (χ3n) is 0. The monoisotopic (exact) mass is 1500 g/mol. The number of rotatable bonds is 0. The van der Waals surface area contributed by atoms with Crippen molar-refractivity contribution in [1.29, 1.82) is 0 Å². The fraction of sp³-hybridized carbons (Fsp3) is 0. The average molecular weight is 1500 g/mol. The Morgan fingerprint density at radius 1 is 1.08 bits per heavy atom. The van der Waals surface area contributed by atoms with Crippen LogP contribution in [0.25, 0.3) is 0 Å². The minimum absolute atomic E-state index is 0. The molecule has 0 amide bonds. The molecule has 0 bridgehead atoms. The molecular weight excluding hydrogens is 1490 g/mol. The Kier molecular flexibility index (Phi) is 901. The van der Waals surface area contributed by atoms with Gasteiger partial charge >= 0.3 is 87.2 Å². The summed E-state index contributed by atoms with van der Waals surface area (Å²) in [7, 11) is 0. The van der Waals surface area contributed by atoms with E-state index < -0.39 is 0 Å². The van der Waals surface area contributed by atoms with E-state index in [1.807, 2.05) is 0 Å². The SMILES string of the molecule is [As].[Be+2].[Cd].[Co].[Cr].[Fe].[H-].[H-].[Hg].[InH3].[Sb].[SnH2].[Te].[TlH].[U]. The van der Waals surface area contributed by atoms with Crippen LogP contribution in [0.2, 0.25) is 0 Å². The molecular formula is H8AsBeCdCoCrFeHgInSbSnTeTlU. The van der Waals surface area contributed by atoms with Crippen LogP contribution in [0.3, 0.4) is 0 Å². The van der Waals surface area contributed by atoms with Gasteiger partial charge in [-0.2, -0.15) is 0 Å². The van der Waals surface area contributed by atoms with Crippen molar-refractivity contribution >= 4 is 153 Å². The molecule has 0 atom stereocenters. The van der Waals surface area contributed by atoms with E-state index in [1.54, 1.807) is 0 Å². The van der Waals surface area contributed by atoms with Gasteiger partial charge in [0.2, 0.25) is 0 Å². The third kappa shape index (κ3) is 91.2. The molecule has 0 aliphatic carbocycles. The second kappa shape index (κ2) is 101. The summed E-state index contributed by atoms with van der Waals surface area (Å²) in [5.74, 6) is 0. The molecule has 13 heavy (non-hydrogen) atoms. The van der Waals surface area contributed by atoms with Crippen molar-refractivity contribution in [2.75, 3.05) is 0 Å². The molecule has 12 radical (unpaired) electrons. The fourth-order valence-corrected chi connectivity index (χ4v) is 0. The topological polar surface area (TPSA) is 0 Å². The van der Waals surface area contributed by atoms with Crippen molar-refractivity contribution in [3.63, 3.8) is 0 Å². The summed E-state index contributed by atoms with van der Waals surface area (Å²) in [4.78, 5) is 0. The Hall–Kier alpha value is 9.39. The van der Waals surface area contributed by atoms with Crippen LogP contribution in [-0.2, 0) is 106 Å². The van der Waals surface area contributed by atoms with Gasteiger partial charge in [0.1, 0.15) is 0 Å². The summed E-state index contributed by atoms with van der Waals surface area (Å²) in [6.45, 7) is 0. The van der Waals surface area contributed by atoms with E-state index in [4.69, 9.17) is 0 Å². The van der Waals surface area contributed by atoms with Gasteiger partial charge in [-0.05, 0) is 0 Å². The zero-order valence-corrected chi connectivity index (χ0v) is 39.8. The van der Waals surface area contributed by atoms with Crippen molar-refractivity contribution in [3.05, 3.63) is 0 Å². The van der Waals surface area contributed by atoms with Gasteiger partial charge in [-0.3, -0.25) is 0 Å². The minimum Gasteiger partial charge on any atom is 0 e. The first-order valence-electron chi connectivity index (χ1n) is 0. The van der Waals surface area contributed by atoms with Gasteiger partial charge < -0.3 is 2.85 Å². The number of hydrogen-bond donors (Lipinski definition) is 0. The van der Waals surface area contributed by atoms with Gasteiger partial charge in [0.15, 0.2) is 0 Å². The molecule has 67 valence electrons. The average Bonchev–Trinajstić information content (AvgIpc) is 0. The quantitative estimate of drug-likeness (QED) is 0.217. The van der Waals surface area contributed by atoms with Gasteiger partial charge in [-0.15, -0.1) is 0 Å². The summed E-state index contributed by atoms with van der Waals surface area (Å²) < 4.78 is 0. The fourth-order valence-electron chi connectivity index (χ4n) is 0. The molecule has 0 aromatic heterocycles. The maximum absolute atomic E-state index is 0. The summed E-state index contributed by atoms with van der Waals surface area (Å²) in [6, 6.07) is 0. The molecule has 0 nitrogen and oxygen atoms in total. The van der Waals surface area contributed by atoms with E-state index in [1.165, 1.54) is 0 Å². The molecule has 0 fully saturated rings. The molecule has 0 saturated carbocycles. The van der Waals surface area contributed by atoms with E-state index in [-0.39, 0.29) is 293 Å². The van der Waals surface area contributed by atoms with Gasteiger partial charge in [-0.1, -0.05) is 0 Å². The summed E-state index contributed by atoms with van der Waals surface area (Å²) in [5.41, 5.74) is 0. The smallest absolute Gasteiger partial charge is 0 e. The van der Waals surface area contributed by atoms with Crippen molar-refractivity contribution in [3.8, 4) is 0 Å². The Balaban J connectivity index is 0. The molecule has 0 rings (SSSR count). The first kappa shape index (κ1) is 116. The molecule has 0 aliphatic rings. The summed E-state index contributed by atoms with van der Waals surface area (Å²) in [5, 5.41) is 0. The Labute approximate surface area is 285 Å². The van der Waals surface area contributed by atoms with E-state index >= 15 is 0 Å². The van der Waals surface area contributed by atoms with Crippen molar-refractivity contribution in [2.24, 2.45) is 0 Å². The van der Waals surface area contributed by atoms with Crippen molar-refractivity contribution < 1.29 is 140 Å². The van der Waals surface area contributed by atoms with Crippen LogP contribution in [0.1, 0.15) is 2.85 Å². The van der Waals surface area contributed by atoms with Gasteiger partial charge in [0, 0.05) is 203 Å². The first-order valence-corrected chi connectivity index (χ1v) is 0. The van der Waals surface area contributed by atoms with E-state index in [0.717, 1.165) is 0 Å². The standard InChI is InChI=1S/As.Be.Cd.Co.Cr.Fe.Hg.In.Sb.Sn.Te.Tl.U.8H/q;+2;;;;;;;;;;;;;;;;;;2*-1. The van der Waals surface area contributed by atoms with Crippen LogP contribution in [0.15, 0.2) is 0 Å². The van der Waals surface area contributed by atoms with Crippen LogP contribution in [-0.4, -0.2) is 153 Å². The van der Waals surface area contributed by atoms with E-state index in [2.05, 4.69) is 0 Å². The largest absolute Gasteiger partial charge is 0 e. The predicted molar refractivity (Wildman–Crippen MR) is 50.9 cm³/mol. The van der Waals surface area contributed by atoms with Crippen LogP contribution in [0.4, 0.5) is 0 Å². The van der Waals surface area contributed by atoms with Crippen molar-refractivity contribution in [1.82, 2.24) is 0 Å². The van der Waals surface area contributed by atoms with Crippen molar-refractivity contribution in [2.45, 2.75) is 0 Å². The maximum Gasteiger partial charge on any atom is 0 e. The minimum atomic E-state index is 0. The second-order valence-electron chi connectivity index (χ2n) is 0. The maximum atomic E-state index is 0. The molecule has 0 aromatic rings. The van der Waals surface area contributed by atoms with E-state index in [9.17, 15) is 0 Å². The Bertz CT molecular complexity index is 56.6. The zero-order valence-electron chi connectivity index (χ0n) is 8.43. The second-order valence-corrected chi connectivity index (χ2v) is 0. The van der Waals surface area contributed by atoms with Crippen LogP contribution >= 0.6 is 0 Å². The Morgan fingerprint density at radius 3 is 1.08 bits per heavy atom.